The van der Waals surface area contributed by atoms with Crippen LogP contribution in [0.5, 0.6) is 11.5 Å². The number of rotatable bonds is 7. The van der Waals surface area contributed by atoms with Crippen molar-refractivity contribution in [2.45, 2.75) is 20.3 Å². The van der Waals surface area contributed by atoms with Crippen molar-refractivity contribution < 1.29 is 9.47 Å². The number of guanidine groups is 1. The molecule has 110 valence electrons. The first-order valence-electron chi connectivity index (χ1n) is 6.45. The first-order chi connectivity index (χ1) is 9.52. The number of hydrogen-bond acceptors (Lipinski definition) is 4. The van der Waals surface area contributed by atoms with Gasteiger partial charge in [-0.25, -0.2) is 0 Å². The van der Waals surface area contributed by atoms with E-state index >= 15 is 0 Å². The van der Waals surface area contributed by atoms with Crippen molar-refractivity contribution in [2.75, 3.05) is 13.7 Å². The molecule has 0 aliphatic heterocycles. The van der Waals surface area contributed by atoms with Crippen LogP contribution in [0.15, 0.2) is 28.4 Å². The Labute approximate surface area is 119 Å². The monoisotopic (exact) mass is 278 g/mol. The van der Waals surface area contributed by atoms with Crippen LogP contribution in [0.3, 0.4) is 0 Å². The van der Waals surface area contributed by atoms with Gasteiger partial charge in [0.1, 0.15) is 0 Å². The highest BCUT2D eigenvalue weighted by molar-refractivity contribution is 5.82. The maximum Gasteiger partial charge on any atom is 0.211 e. The Morgan fingerprint density at radius 3 is 2.65 bits per heavy atom. The van der Waals surface area contributed by atoms with Crippen LogP contribution in [0, 0.1) is 5.92 Å². The molecule has 0 saturated carbocycles. The summed E-state index contributed by atoms with van der Waals surface area (Å²) >= 11 is 0. The summed E-state index contributed by atoms with van der Waals surface area (Å²) in [7, 11) is 1.60. The van der Waals surface area contributed by atoms with Crippen molar-refractivity contribution in [1.82, 2.24) is 0 Å². The Balaban J connectivity index is 2.74. The van der Waals surface area contributed by atoms with Crippen LogP contribution in [-0.2, 0) is 0 Å². The number of nitrogens with two attached hydrogens (primary N) is 2. The van der Waals surface area contributed by atoms with Crippen LogP contribution in [0.25, 0.3) is 0 Å². The van der Waals surface area contributed by atoms with E-state index in [-0.39, 0.29) is 5.96 Å². The lowest BCUT2D eigenvalue weighted by Crippen LogP contribution is -2.21. The molecule has 0 aliphatic rings. The van der Waals surface area contributed by atoms with Crippen molar-refractivity contribution >= 4 is 12.2 Å². The fourth-order valence-corrected chi connectivity index (χ4v) is 1.45. The Hall–Kier alpha value is -2.24. The molecule has 0 heterocycles. The molecular weight excluding hydrogens is 256 g/mol. The maximum absolute atomic E-state index is 5.70. The second kappa shape index (κ2) is 8.04. The van der Waals surface area contributed by atoms with Crippen molar-refractivity contribution in [2.24, 2.45) is 27.6 Å². The summed E-state index contributed by atoms with van der Waals surface area (Å²) in [5, 5.41) is 7.28. The first-order valence-corrected chi connectivity index (χ1v) is 6.45. The third kappa shape index (κ3) is 5.60. The van der Waals surface area contributed by atoms with Crippen LogP contribution in [0.1, 0.15) is 25.8 Å². The molecule has 1 rings (SSSR count). The minimum Gasteiger partial charge on any atom is -0.493 e. The molecule has 20 heavy (non-hydrogen) atoms. The molecule has 0 aliphatic carbocycles. The summed E-state index contributed by atoms with van der Waals surface area (Å²) in [5.74, 6) is 1.89. The summed E-state index contributed by atoms with van der Waals surface area (Å²) < 4.78 is 11.0. The van der Waals surface area contributed by atoms with Crippen molar-refractivity contribution in [3.63, 3.8) is 0 Å². The zero-order valence-electron chi connectivity index (χ0n) is 12.2. The molecule has 6 heteroatoms. The van der Waals surface area contributed by atoms with Gasteiger partial charge in [-0.05, 0) is 36.1 Å². The van der Waals surface area contributed by atoms with Gasteiger partial charge in [0.25, 0.3) is 0 Å². The molecule has 6 nitrogen and oxygen atoms in total. The molecule has 1 aromatic carbocycles. The minimum atomic E-state index is -0.0816. The number of benzene rings is 1. The van der Waals surface area contributed by atoms with Gasteiger partial charge in [-0.2, -0.15) is 5.10 Å². The van der Waals surface area contributed by atoms with E-state index in [1.54, 1.807) is 13.3 Å². The molecule has 0 atom stereocenters. The average Bonchev–Trinajstić information content (AvgIpc) is 2.39. The van der Waals surface area contributed by atoms with Gasteiger partial charge >= 0.3 is 0 Å². The van der Waals surface area contributed by atoms with Crippen molar-refractivity contribution in [3.05, 3.63) is 23.8 Å². The molecule has 0 spiro atoms. The highest BCUT2D eigenvalue weighted by Crippen LogP contribution is 2.27. The van der Waals surface area contributed by atoms with E-state index < -0.39 is 0 Å². The molecule has 0 unspecified atom stereocenters. The molecule has 0 aromatic heterocycles. The largest absolute Gasteiger partial charge is 0.493 e. The van der Waals surface area contributed by atoms with E-state index in [0.29, 0.717) is 24.0 Å². The Bertz CT molecular complexity index is 480. The van der Waals surface area contributed by atoms with Crippen LogP contribution in [-0.4, -0.2) is 25.9 Å². The topological polar surface area (TPSA) is 95.2 Å². The molecule has 0 fully saturated rings. The summed E-state index contributed by atoms with van der Waals surface area (Å²) in [6.45, 7) is 4.98. The summed E-state index contributed by atoms with van der Waals surface area (Å²) in [6.07, 6.45) is 2.54. The average molecular weight is 278 g/mol. The lowest BCUT2D eigenvalue weighted by Gasteiger charge is -2.12. The van der Waals surface area contributed by atoms with Gasteiger partial charge in [0.05, 0.1) is 19.9 Å². The summed E-state index contributed by atoms with van der Waals surface area (Å²) in [6, 6.07) is 5.52. The third-order valence-electron chi connectivity index (χ3n) is 2.52. The predicted octanol–water partition coefficient (Wildman–Crippen LogP) is 1.73. The Kier molecular flexibility index (Phi) is 6.36. The quantitative estimate of drug-likeness (QED) is 0.451. The zero-order valence-corrected chi connectivity index (χ0v) is 12.2. The highest BCUT2D eigenvalue weighted by Gasteiger charge is 2.05. The van der Waals surface area contributed by atoms with E-state index in [1.807, 2.05) is 18.2 Å². The number of nitrogens with zero attached hydrogens (tertiary/aromatic N) is 2. The van der Waals surface area contributed by atoms with Crippen LogP contribution < -0.4 is 20.9 Å². The van der Waals surface area contributed by atoms with Crippen LogP contribution in [0.2, 0.25) is 0 Å². The standard InChI is InChI=1S/C14H22N4O2/c1-10(2)6-7-20-12-5-4-11(8-13(12)19-3)9-17-18-14(15)16/h4-5,8-10H,6-7H2,1-3H3,(H4,15,16,18)/b17-9+. The van der Waals surface area contributed by atoms with Crippen molar-refractivity contribution in [1.29, 1.82) is 0 Å². The minimum absolute atomic E-state index is 0.0816. The second-order valence-electron chi connectivity index (χ2n) is 4.71. The fraction of sp³-hybridized carbons (Fsp3) is 0.429. The molecule has 0 saturated heterocycles. The fourth-order valence-electron chi connectivity index (χ4n) is 1.45. The smallest absolute Gasteiger partial charge is 0.211 e. The van der Waals surface area contributed by atoms with Gasteiger partial charge in [0.2, 0.25) is 5.96 Å². The third-order valence-corrected chi connectivity index (χ3v) is 2.52. The van der Waals surface area contributed by atoms with Crippen LogP contribution >= 0.6 is 0 Å². The van der Waals surface area contributed by atoms with Gasteiger partial charge in [-0.3, -0.25) is 0 Å². The highest BCUT2D eigenvalue weighted by atomic mass is 16.5. The van der Waals surface area contributed by atoms with E-state index in [0.717, 1.165) is 12.0 Å². The number of ether oxygens (including phenoxy) is 2. The Morgan fingerprint density at radius 2 is 2.05 bits per heavy atom. The van der Waals surface area contributed by atoms with Gasteiger partial charge in [-0.1, -0.05) is 13.8 Å². The zero-order chi connectivity index (χ0) is 15.0. The van der Waals surface area contributed by atoms with Gasteiger partial charge < -0.3 is 20.9 Å². The van der Waals surface area contributed by atoms with E-state index in [2.05, 4.69) is 24.1 Å². The van der Waals surface area contributed by atoms with Gasteiger partial charge in [-0.15, -0.1) is 5.10 Å². The van der Waals surface area contributed by atoms with Crippen molar-refractivity contribution in [3.8, 4) is 11.5 Å². The summed E-state index contributed by atoms with van der Waals surface area (Å²) in [4.78, 5) is 0. The van der Waals surface area contributed by atoms with Gasteiger partial charge in [0.15, 0.2) is 11.5 Å². The van der Waals surface area contributed by atoms with Gasteiger partial charge in [0, 0.05) is 0 Å². The molecule has 0 radical (unpaired) electrons. The molecule has 0 amide bonds. The van der Waals surface area contributed by atoms with E-state index in [1.165, 1.54) is 0 Å². The lowest BCUT2D eigenvalue weighted by molar-refractivity contribution is 0.273. The van der Waals surface area contributed by atoms with E-state index in [4.69, 9.17) is 20.9 Å². The van der Waals surface area contributed by atoms with Crippen LogP contribution in [0.4, 0.5) is 0 Å². The number of hydrogen-bond donors (Lipinski definition) is 2. The maximum atomic E-state index is 5.70. The normalized spacial score (nSPS) is 10.8. The molecule has 1 aromatic rings. The predicted molar refractivity (Wildman–Crippen MR) is 81.3 cm³/mol. The first kappa shape index (κ1) is 15.8. The lowest BCUT2D eigenvalue weighted by atomic mass is 10.1. The molecular formula is C14H22N4O2. The number of methoxy groups -OCH3 is 1. The van der Waals surface area contributed by atoms with E-state index in [9.17, 15) is 0 Å². The Morgan fingerprint density at radius 1 is 1.30 bits per heavy atom. The molecule has 0 bridgehead atoms. The molecule has 4 N–H and O–H groups in total. The SMILES string of the molecule is COc1cc(/C=N/N=C(N)N)ccc1OCCC(C)C. The second-order valence-corrected chi connectivity index (χ2v) is 4.71. The summed E-state index contributed by atoms with van der Waals surface area (Å²) in [5.41, 5.74) is 11.2.